The molecule has 0 spiro atoms. The molecule has 1 rings (SSSR count). The predicted molar refractivity (Wildman–Crippen MR) is 57.3 cm³/mol. The maximum Gasteiger partial charge on any atom is 0.234 e. The van der Waals surface area contributed by atoms with Gasteiger partial charge in [0, 0.05) is 20.0 Å². The molecule has 1 aliphatic carbocycles. The van der Waals surface area contributed by atoms with Gasteiger partial charge in [-0.25, -0.2) is 0 Å². The molecule has 0 aromatic rings. The van der Waals surface area contributed by atoms with Gasteiger partial charge in [0.2, 0.25) is 11.8 Å². The highest BCUT2D eigenvalue weighted by molar-refractivity contribution is 5.78. The molecule has 0 unspecified atom stereocenters. The Morgan fingerprint density at radius 3 is 2.47 bits per heavy atom. The Bertz CT molecular complexity index is 227. The van der Waals surface area contributed by atoms with Crippen molar-refractivity contribution >= 4 is 11.8 Å². The lowest BCUT2D eigenvalue weighted by atomic mass is 10.4. The van der Waals surface area contributed by atoms with Crippen molar-refractivity contribution in [3.63, 3.8) is 0 Å². The highest BCUT2D eigenvalue weighted by Crippen LogP contribution is 2.27. The van der Waals surface area contributed by atoms with Crippen molar-refractivity contribution in [2.45, 2.75) is 19.8 Å². The van der Waals surface area contributed by atoms with Crippen LogP contribution in [0.5, 0.6) is 0 Å². The minimum absolute atomic E-state index is 0.0130. The number of carbonyl (C=O) groups is 2. The second-order valence-corrected chi connectivity index (χ2v) is 3.91. The van der Waals surface area contributed by atoms with Gasteiger partial charge >= 0.3 is 0 Å². The average Bonchev–Trinajstić information content (AvgIpc) is 2.96. The van der Waals surface area contributed by atoms with E-state index < -0.39 is 0 Å². The third-order valence-corrected chi connectivity index (χ3v) is 2.24. The number of hydrogen-bond acceptors (Lipinski definition) is 3. The first-order valence-corrected chi connectivity index (χ1v) is 5.40. The summed E-state index contributed by atoms with van der Waals surface area (Å²) in [7, 11) is 0. The molecule has 1 aliphatic rings. The summed E-state index contributed by atoms with van der Waals surface area (Å²) in [5.41, 5.74) is 0. The summed E-state index contributed by atoms with van der Waals surface area (Å²) in [5, 5.41) is 8.42. The molecule has 1 saturated carbocycles. The van der Waals surface area contributed by atoms with Crippen LogP contribution in [0, 0.1) is 5.92 Å². The first kappa shape index (κ1) is 12.0. The molecule has 3 N–H and O–H groups in total. The minimum atomic E-state index is -0.0730. The second kappa shape index (κ2) is 6.40. The van der Waals surface area contributed by atoms with Gasteiger partial charge in [-0.2, -0.15) is 0 Å². The number of amides is 2. The standard InChI is InChI=1S/C10H19N3O2/c1-8(14)12-4-5-13-10(15)7-11-6-9-2-3-9/h9,11H,2-7H2,1H3,(H,12,14)(H,13,15). The van der Waals surface area contributed by atoms with Gasteiger partial charge in [0.15, 0.2) is 0 Å². The molecule has 5 nitrogen and oxygen atoms in total. The third-order valence-electron chi connectivity index (χ3n) is 2.24. The van der Waals surface area contributed by atoms with Gasteiger partial charge in [-0.3, -0.25) is 9.59 Å². The molecule has 1 fully saturated rings. The number of rotatable bonds is 7. The van der Waals surface area contributed by atoms with Crippen molar-refractivity contribution < 1.29 is 9.59 Å². The predicted octanol–water partition coefficient (Wildman–Crippen LogP) is -0.762. The molecule has 0 aliphatic heterocycles. The van der Waals surface area contributed by atoms with E-state index in [0.717, 1.165) is 12.5 Å². The maximum atomic E-state index is 11.2. The van der Waals surface area contributed by atoms with Crippen molar-refractivity contribution in [1.29, 1.82) is 0 Å². The summed E-state index contributed by atoms with van der Waals surface area (Å²) in [6, 6.07) is 0. The van der Waals surface area contributed by atoms with Gasteiger partial charge < -0.3 is 16.0 Å². The van der Waals surface area contributed by atoms with E-state index in [4.69, 9.17) is 0 Å². The summed E-state index contributed by atoms with van der Waals surface area (Å²) in [5.74, 6) is 0.703. The molecule has 0 bridgehead atoms. The van der Waals surface area contributed by atoms with Crippen molar-refractivity contribution in [2.24, 2.45) is 5.92 Å². The van der Waals surface area contributed by atoms with Crippen LogP contribution in [-0.2, 0) is 9.59 Å². The fourth-order valence-corrected chi connectivity index (χ4v) is 1.21. The van der Waals surface area contributed by atoms with Crippen LogP contribution < -0.4 is 16.0 Å². The van der Waals surface area contributed by atoms with Crippen LogP contribution in [-0.4, -0.2) is 38.0 Å². The van der Waals surface area contributed by atoms with E-state index in [0.29, 0.717) is 19.6 Å². The van der Waals surface area contributed by atoms with Crippen LogP contribution in [0.3, 0.4) is 0 Å². The summed E-state index contributed by atoms with van der Waals surface area (Å²) in [6.07, 6.45) is 2.58. The molecule has 2 amide bonds. The largest absolute Gasteiger partial charge is 0.355 e. The molecular weight excluding hydrogens is 194 g/mol. The molecule has 0 saturated heterocycles. The SMILES string of the molecule is CC(=O)NCCNC(=O)CNCC1CC1. The molecule has 0 aromatic carbocycles. The Kier molecular flexibility index (Phi) is 5.10. The number of nitrogens with one attached hydrogen (secondary N) is 3. The molecule has 15 heavy (non-hydrogen) atoms. The highest BCUT2D eigenvalue weighted by Gasteiger charge is 2.20. The van der Waals surface area contributed by atoms with E-state index in [-0.39, 0.29) is 11.8 Å². The summed E-state index contributed by atoms with van der Waals surface area (Å²) < 4.78 is 0. The van der Waals surface area contributed by atoms with Gasteiger partial charge in [-0.15, -0.1) is 0 Å². The summed E-state index contributed by atoms with van der Waals surface area (Å²) in [4.78, 5) is 21.7. The van der Waals surface area contributed by atoms with Crippen LogP contribution in [0.2, 0.25) is 0 Å². The number of hydrogen-bond donors (Lipinski definition) is 3. The van der Waals surface area contributed by atoms with Crippen LogP contribution >= 0.6 is 0 Å². The van der Waals surface area contributed by atoms with Gasteiger partial charge in [-0.05, 0) is 25.3 Å². The molecule has 0 heterocycles. The van der Waals surface area contributed by atoms with Crippen molar-refractivity contribution in [2.75, 3.05) is 26.2 Å². The summed E-state index contributed by atoms with van der Waals surface area (Å²) in [6.45, 7) is 3.75. The zero-order chi connectivity index (χ0) is 11.1. The Morgan fingerprint density at radius 1 is 1.20 bits per heavy atom. The summed E-state index contributed by atoms with van der Waals surface area (Å²) >= 11 is 0. The smallest absolute Gasteiger partial charge is 0.234 e. The van der Waals surface area contributed by atoms with Crippen LogP contribution in [0.4, 0.5) is 0 Å². The first-order chi connectivity index (χ1) is 7.18. The van der Waals surface area contributed by atoms with Gasteiger partial charge in [0.25, 0.3) is 0 Å². The van der Waals surface area contributed by atoms with Crippen LogP contribution in [0.15, 0.2) is 0 Å². The van der Waals surface area contributed by atoms with Gasteiger partial charge in [0.05, 0.1) is 6.54 Å². The third kappa shape index (κ3) is 6.90. The van der Waals surface area contributed by atoms with E-state index in [2.05, 4.69) is 16.0 Å². The lowest BCUT2D eigenvalue weighted by Gasteiger charge is -2.06. The molecular formula is C10H19N3O2. The van der Waals surface area contributed by atoms with E-state index >= 15 is 0 Å². The quantitative estimate of drug-likeness (QED) is 0.487. The molecule has 86 valence electrons. The van der Waals surface area contributed by atoms with E-state index in [1.807, 2.05) is 0 Å². The Morgan fingerprint density at radius 2 is 1.87 bits per heavy atom. The number of carbonyl (C=O) groups excluding carboxylic acids is 2. The van der Waals surface area contributed by atoms with Crippen LogP contribution in [0.1, 0.15) is 19.8 Å². The first-order valence-electron chi connectivity index (χ1n) is 5.40. The minimum Gasteiger partial charge on any atom is -0.355 e. The zero-order valence-electron chi connectivity index (χ0n) is 9.14. The van der Waals surface area contributed by atoms with Crippen molar-refractivity contribution in [3.05, 3.63) is 0 Å². The monoisotopic (exact) mass is 213 g/mol. The topological polar surface area (TPSA) is 70.2 Å². The van der Waals surface area contributed by atoms with Gasteiger partial charge in [0.1, 0.15) is 0 Å². The Hall–Kier alpha value is -1.10. The fourth-order valence-electron chi connectivity index (χ4n) is 1.21. The Balaban J connectivity index is 1.86. The lowest BCUT2D eigenvalue weighted by Crippen LogP contribution is -2.38. The van der Waals surface area contributed by atoms with E-state index in [1.165, 1.54) is 19.8 Å². The molecule has 0 radical (unpaired) electrons. The van der Waals surface area contributed by atoms with Gasteiger partial charge in [-0.1, -0.05) is 0 Å². The second-order valence-electron chi connectivity index (χ2n) is 3.91. The maximum absolute atomic E-state index is 11.2. The lowest BCUT2D eigenvalue weighted by molar-refractivity contribution is -0.121. The van der Waals surface area contributed by atoms with E-state index in [1.54, 1.807) is 0 Å². The average molecular weight is 213 g/mol. The highest BCUT2D eigenvalue weighted by atomic mass is 16.2. The fraction of sp³-hybridized carbons (Fsp3) is 0.800. The van der Waals surface area contributed by atoms with Crippen molar-refractivity contribution in [3.8, 4) is 0 Å². The van der Waals surface area contributed by atoms with Crippen LogP contribution in [0.25, 0.3) is 0 Å². The molecule has 0 aromatic heterocycles. The Labute approximate surface area is 90.0 Å². The normalized spacial score (nSPS) is 14.7. The molecule has 5 heteroatoms. The molecule has 0 atom stereocenters. The van der Waals surface area contributed by atoms with Crippen molar-refractivity contribution in [1.82, 2.24) is 16.0 Å². The zero-order valence-corrected chi connectivity index (χ0v) is 9.14. The van der Waals surface area contributed by atoms with E-state index in [9.17, 15) is 9.59 Å².